The lowest BCUT2D eigenvalue weighted by Crippen LogP contribution is -2.50. The molecule has 2 aliphatic heterocycles. The molecular weight excluding hydrogens is 320 g/mol. The van der Waals surface area contributed by atoms with E-state index in [1.54, 1.807) is 0 Å². The van der Waals surface area contributed by atoms with Crippen LogP contribution >= 0.6 is 0 Å². The third-order valence-corrected chi connectivity index (χ3v) is 5.17. The van der Waals surface area contributed by atoms with Gasteiger partial charge in [-0.15, -0.1) is 0 Å². The van der Waals surface area contributed by atoms with Gasteiger partial charge in [0.05, 0.1) is 6.61 Å². The number of likely N-dealkylation sites (tertiary alicyclic amines) is 2. The summed E-state index contributed by atoms with van der Waals surface area (Å²) >= 11 is 0. The summed E-state index contributed by atoms with van der Waals surface area (Å²) in [4.78, 5) is 27.0. The van der Waals surface area contributed by atoms with Crippen molar-refractivity contribution in [1.29, 1.82) is 0 Å². The Morgan fingerprint density at radius 1 is 1.08 bits per heavy atom. The third-order valence-electron chi connectivity index (χ3n) is 5.17. The predicted octanol–water partition coefficient (Wildman–Crippen LogP) is 2.58. The second-order valence-corrected chi connectivity index (χ2v) is 6.90. The van der Waals surface area contributed by atoms with Crippen molar-refractivity contribution >= 4 is 12.0 Å². The summed E-state index contributed by atoms with van der Waals surface area (Å²) in [5, 5.41) is 9.20. The number of carbonyl (C=O) groups excluding carboxylic acids is 1. The summed E-state index contributed by atoms with van der Waals surface area (Å²) < 4.78 is 5.81. The molecule has 136 valence electrons. The number of rotatable bonds is 5. The third kappa shape index (κ3) is 4.51. The first kappa shape index (κ1) is 17.7. The maximum Gasteiger partial charge on any atom is 0.407 e. The van der Waals surface area contributed by atoms with Crippen molar-refractivity contribution in [3.63, 3.8) is 0 Å². The van der Waals surface area contributed by atoms with Crippen LogP contribution in [0.1, 0.15) is 31.2 Å². The van der Waals surface area contributed by atoms with E-state index in [1.807, 2.05) is 23.1 Å². The summed E-state index contributed by atoms with van der Waals surface area (Å²) in [5.74, 6) is 0.440. The van der Waals surface area contributed by atoms with Gasteiger partial charge in [-0.3, -0.25) is 9.69 Å². The van der Waals surface area contributed by atoms with Crippen LogP contribution in [0, 0.1) is 5.92 Å². The first-order valence-corrected chi connectivity index (χ1v) is 9.05. The zero-order chi connectivity index (χ0) is 17.6. The highest BCUT2D eigenvalue weighted by molar-refractivity contribution is 5.86. The second kappa shape index (κ2) is 8.34. The van der Waals surface area contributed by atoms with Gasteiger partial charge in [-0.25, -0.2) is 4.79 Å². The number of benzene rings is 1. The molecule has 2 amide bonds. The van der Waals surface area contributed by atoms with Gasteiger partial charge in [0.2, 0.25) is 5.91 Å². The molecule has 0 saturated carbocycles. The van der Waals surface area contributed by atoms with Crippen LogP contribution < -0.4 is 0 Å². The highest BCUT2D eigenvalue weighted by Crippen LogP contribution is 2.23. The van der Waals surface area contributed by atoms with Crippen molar-refractivity contribution in [3.8, 4) is 0 Å². The summed E-state index contributed by atoms with van der Waals surface area (Å²) in [6.07, 6.45) is 2.26. The van der Waals surface area contributed by atoms with E-state index in [0.29, 0.717) is 45.2 Å². The van der Waals surface area contributed by atoms with Gasteiger partial charge in [0.15, 0.2) is 0 Å². The monoisotopic (exact) mass is 346 g/mol. The average molecular weight is 346 g/mol. The van der Waals surface area contributed by atoms with Gasteiger partial charge >= 0.3 is 6.09 Å². The fourth-order valence-corrected chi connectivity index (χ4v) is 3.70. The molecule has 1 aromatic rings. The van der Waals surface area contributed by atoms with E-state index in [4.69, 9.17) is 4.74 Å². The molecule has 2 fully saturated rings. The molecule has 6 nitrogen and oxygen atoms in total. The number of hydrogen-bond acceptors (Lipinski definition) is 3. The Kier molecular flexibility index (Phi) is 5.91. The molecule has 1 atom stereocenters. The first-order valence-electron chi connectivity index (χ1n) is 9.05. The van der Waals surface area contributed by atoms with Crippen LogP contribution in [0.25, 0.3) is 0 Å². The molecule has 2 saturated heterocycles. The number of carboxylic acid groups (broad SMARTS) is 1. The van der Waals surface area contributed by atoms with Crippen LogP contribution in [0.4, 0.5) is 4.79 Å². The lowest BCUT2D eigenvalue weighted by molar-refractivity contribution is -0.137. The highest BCUT2D eigenvalue weighted by Gasteiger charge is 2.37. The number of amides is 2. The maximum absolute atomic E-state index is 12.6. The lowest BCUT2D eigenvalue weighted by atomic mass is 9.97. The molecule has 0 aromatic heterocycles. The lowest BCUT2D eigenvalue weighted by Gasteiger charge is -2.34. The van der Waals surface area contributed by atoms with Crippen LogP contribution in [-0.4, -0.2) is 59.2 Å². The Morgan fingerprint density at radius 2 is 1.80 bits per heavy atom. The van der Waals surface area contributed by atoms with Crippen LogP contribution in [0.15, 0.2) is 30.3 Å². The van der Waals surface area contributed by atoms with Gasteiger partial charge in [0.25, 0.3) is 0 Å². The van der Waals surface area contributed by atoms with E-state index in [0.717, 1.165) is 19.3 Å². The number of ether oxygens (including phenoxy) is 1. The Bertz CT molecular complexity index is 584. The molecule has 6 heteroatoms. The van der Waals surface area contributed by atoms with E-state index in [1.165, 1.54) is 10.5 Å². The van der Waals surface area contributed by atoms with Gasteiger partial charge < -0.3 is 14.7 Å². The highest BCUT2D eigenvalue weighted by atomic mass is 16.5. The second-order valence-electron chi connectivity index (χ2n) is 6.90. The summed E-state index contributed by atoms with van der Waals surface area (Å²) in [7, 11) is 0. The van der Waals surface area contributed by atoms with Gasteiger partial charge in [-0.2, -0.15) is 0 Å². The van der Waals surface area contributed by atoms with Crippen LogP contribution in [-0.2, 0) is 16.1 Å². The van der Waals surface area contributed by atoms with Crippen LogP contribution in [0.3, 0.4) is 0 Å². The smallest absolute Gasteiger partial charge is 0.407 e. The number of hydrogen-bond donors (Lipinski definition) is 1. The molecule has 1 N–H and O–H groups in total. The van der Waals surface area contributed by atoms with Crippen molar-refractivity contribution in [1.82, 2.24) is 9.80 Å². The number of nitrogens with zero attached hydrogens (tertiary/aromatic N) is 2. The number of carbonyl (C=O) groups is 2. The van der Waals surface area contributed by atoms with Crippen molar-refractivity contribution in [2.24, 2.45) is 5.92 Å². The molecule has 3 rings (SSSR count). The minimum absolute atomic E-state index is 0.0245. The molecule has 2 aliphatic rings. The normalized spacial score (nSPS) is 21.5. The Labute approximate surface area is 148 Å². The van der Waals surface area contributed by atoms with Gasteiger partial charge in [-0.1, -0.05) is 30.3 Å². The fraction of sp³-hybridized carbons (Fsp3) is 0.579. The molecule has 0 bridgehead atoms. The maximum atomic E-state index is 12.6. The molecule has 0 spiro atoms. The van der Waals surface area contributed by atoms with Crippen molar-refractivity contribution < 1.29 is 19.4 Å². The average Bonchev–Trinajstić information content (AvgIpc) is 3.13. The topological polar surface area (TPSA) is 70.1 Å². The minimum atomic E-state index is -0.986. The Balaban J connectivity index is 1.41. The fourth-order valence-electron chi connectivity index (χ4n) is 3.70. The Hall–Kier alpha value is -2.08. The summed E-state index contributed by atoms with van der Waals surface area (Å²) in [5.41, 5.74) is 1.17. The van der Waals surface area contributed by atoms with E-state index in [9.17, 15) is 14.7 Å². The van der Waals surface area contributed by atoms with E-state index >= 15 is 0 Å². The molecular formula is C19H26N2O4. The SMILES string of the molecule is O=C([C@@H]1CCCN1C(=O)O)N1CCC(COCc2ccccc2)CC1. The van der Waals surface area contributed by atoms with E-state index < -0.39 is 12.1 Å². The molecule has 0 unspecified atom stereocenters. The standard InChI is InChI=1S/C19H26N2O4/c22-18(17-7-4-10-21(17)19(23)24)20-11-8-16(9-12-20)14-25-13-15-5-2-1-3-6-15/h1-3,5-6,16-17H,4,7-14H2,(H,23,24)/t17-/m0/s1. The van der Waals surface area contributed by atoms with Crippen LogP contribution in [0.5, 0.6) is 0 Å². The molecule has 25 heavy (non-hydrogen) atoms. The van der Waals surface area contributed by atoms with E-state index in [2.05, 4.69) is 12.1 Å². The summed E-state index contributed by atoms with van der Waals surface area (Å²) in [6, 6.07) is 9.63. The largest absolute Gasteiger partial charge is 0.465 e. The molecule has 0 aliphatic carbocycles. The van der Waals surface area contributed by atoms with Gasteiger partial charge in [0.1, 0.15) is 6.04 Å². The molecule has 1 aromatic carbocycles. The Morgan fingerprint density at radius 3 is 2.48 bits per heavy atom. The van der Waals surface area contributed by atoms with Gasteiger partial charge in [-0.05, 0) is 37.2 Å². The molecule has 2 heterocycles. The van der Waals surface area contributed by atoms with Crippen molar-refractivity contribution in [2.75, 3.05) is 26.2 Å². The van der Waals surface area contributed by atoms with Gasteiger partial charge in [0, 0.05) is 26.2 Å². The minimum Gasteiger partial charge on any atom is -0.465 e. The quantitative estimate of drug-likeness (QED) is 0.890. The zero-order valence-electron chi connectivity index (χ0n) is 14.5. The zero-order valence-corrected chi connectivity index (χ0v) is 14.5. The van der Waals surface area contributed by atoms with Crippen molar-refractivity contribution in [3.05, 3.63) is 35.9 Å². The first-order chi connectivity index (χ1) is 12.1. The predicted molar refractivity (Wildman–Crippen MR) is 93.2 cm³/mol. The van der Waals surface area contributed by atoms with Crippen molar-refractivity contribution in [2.45, 2.75) is 38.3 Å². The van der Waals surface area contributed by atoms with E-state index in [-0.39, 0.29) is 5.91 Å². The van der Waals surface area contributed by atoms with Crippen LogP contribution in [0.2, 0.25) is 0 Å². The molecule has 0 radical (unpaired) electrons. The number of piperidine rings is 1. The summed E-state index contributed by atoms with van der Waals surface area (Å²) in [6.45, 7) is 3.19.